The highest BCUT2D eigenvalue weighted by molar-refractivity contribution is 7.89. The van der Waals surface area contributed by atoms with Gasteiger partial charge in [0.15, 0.2) is 5.78 Å². The zero-order valence-corrected chi connectivity index (χ0v) is 19.0. The van der Waals surface area contributed by atoms with Gasteiger partial charge in [0.05, 0.1) is 16.5 Å². The van der Waals surface area contributed by atoms with Gasteiger partial charge in [-0.05, 0) is 57.0 Å². The van der Waals surface area contributed by atoms with Crippen molar-refractivity contribution < 1.29 is 22.7 Å². The highest BCUT2D eigenvalue weighted by atomic mass is 35.5. The molecule has 0 radical (unpaired) electrons. The molecule has 0 saturated carbocycles. The number of piperidine rings is 1. The number of nitrogens with zero attached hydrogens (tertiary/aromatic N) is 1. The first kappa shape index (κ1) is 23.2. The molecule has 0 aromatic heterocycles. The van der Waals surface area contributed by atoms with E-state index in [2.05, 4.69) is 5.32 Å². The Kier molecular flexibility index (Phi) is 7.35. The average Bonchev–Trinajstić information content (AvgIpc) is 2.75. The quantitative estimate of drug-likeness (QED) is 0.625. The van der Waals surface area contributed by atoms with Crippen molar-refractivity contribution >= 4 is 39.0 Å². The van der Waals surface area contributed by atoms with Gasteiger partial charge in [0, 0.05) is 30.3 Å². The van der Waals surface area contributed by atoms with Crippen molar-refractivity contribution in [3.05, 3.63) is 53.1 Å². The van der Waals surface area contributed by atoms with E-state index in [1.807, 2.05) is 6.92 Å². The Balaban J connectivity index is 1.63. The van der Waals surface area contributed by atoms with E-state index in [-0.39, 0.29) is 40.6 Å². The number of anilines is 1. The molecule has 1 aliphatic rings. The third kappa shape index (κ3) is 5.44. The van der Waals surface area contributed by atoms with E-state index in [0.29, 0.717) is 36.4 Å². The Morgan fingerprint density at radius 2 is 1.87 bits per heavy atom. The molecule has 7 nitrogen and oxygen atoms in total. The molecule has 166 valence electrons. The van der Waals surface area contributed by atoms with Crippen LogP contribution in [0.1, 0.15) is 37.0 Å². The first-order valence-electron chi connectivity index (χ1n) is 10.1. The van der Waals surface area contributed by atoms with Crippen LogP contribution in [-0.2, 0) is 14.8 Å². The lowest BCUT2D eigenvalue weighted by molar-refractivity contribution is -0.120. The molecule has 0 aliphatic carbocycles. The van der Waals surface area contributed by atoms with Crippen LogP contribution in [0.3, 0.4) is 0 Å². The summed E-state index contributed by atoms with van der Waals surface area (Å²) in [5.74, 6) is -0.130. The number of amides is 1. The van der Waals surface area contributed by atoms with Crippen molar-refractivity contribution in [2.75, 3.05) is 25.0 Å². The summed E-state index contributed by atoms with van der Waals surface area (Å²) in [6.07, 6.45) is 0.810. The molecule has 0 spiro atoms. The summed E-state index contributed by atoms with van der Waals surface area (Å²) in [7, 11) is -3.72. The summed E-state index contributed by atoms with van der Waals surface area (Å²) >= 11 is 6.14. The van der Waals surface area contributed by atoms with Crippen molar-refractivity contribution in [2.24, 2.45) is 5.92 Å². The number of Topliss-reactive ketones (excluding diaryl/α,β-unsaturated/α-hetero) is 1. The summed E-state index contributed by atoms with van der Waals surface area (Å²) in [6, 6.07) is 11.2. The first-order chi connectivity index (χ1) is 14.7. The van der Waals surface area contributed by atoms with Gasteiger partial charge in [-0.25, -0.2) is 8.42 Å². The molecule has 1 saturated heterocycles. The SMILES string of the molecule is CCOc1ccc(S(=O)(=O)N2CCC(C(=O)Nc3cccc(C(C)=O)c3)CC2)cc1Cl. The first-order valence-corrected chi connectivity index (χ1v) is 11.9. The molecule has 31 heavy (non-hydrogen) atoms. The molecule has 1 amide bonds. The molecule has 9 heteroatoms. The van der Waals surface area contributed by atoms with E-state index in [1.54, 1.807) is 30.3 Å². The lowest BCUT2D eigenvalue weighted by atomic mass is 9.97. The van der Waals surface area contributed by atoms with Gasteiger partial charge in [-0.1, -0.05) is 23.7 Å². The maximum absolute atomic E-state index is 13.0. The predicted octanol–water partition coefficient (Wildman–Crippen LogP) is 3.98. The van der Waals surface area contributed by atoms with Crippen LogP contribution in [0.15, 0.2) is 47.4 Å². The second kappa shape index (κ2) is 9.80. The largest absolute Gasteiger partial charge is 0.492 e. The van der Waals surface area contributed by atoms with Crippen LogP contribution >= 0.6 is 11.6 Å². The van der Waals surface area contributed by atoms with Crippen LogP contribution in [0.25, 0.3) is 0 Å². The van der Waals surface area contributed by atoms with E-state index in [0.717, 1.165) is 0 Å². The third-order valence-corrected chi connectivity index (χ3v) is 7.39. The number of ketones is 1. The molecular formula is C22H25ClN2O5S. The van der Waals surface area contributed by atoms with Crippen LogP contribution < -0.4 is 10.1 Å². The van der Waals surface area contributed by atoms with Gasteiger partial charge in [-0.3, -0.25) is 9.59 Å². The van der Waals surface area contributed by atoms with Crippen LogP contribution in [0.4, 0.5) is 5.69 Å². The number of carbonyl (C=O) groups is 2. The van der Waals surface area contributed by atoms with E-state index in [1.165, 1.54) is 23.4 Å². The summed E-state index contributed by atoms with van der Waals surface area (Å²) < 4.78 is 32.7. The molecule has 1 aliphatic heterocycles. The molecule has 2 aromatic rings. The van der Waals surface area contributed by atoms with Gasteiger partial charge >= 0.3 is 0 Å². The van der Waals surface area contributed by atoms with Crippen LogP contribution in [-0.4, -0.2) is 44.1 Å². The highest BCUT2D eigenvalue weighted by Crippen LogP contribution is 2.30. The molecule has 1 heterocycles. The topological polar surface area (TPSA) is 92.8 Å². The Hall–Kier alpha value is -2.42. The third-order valence-electron chi connectivity index (χ3n) is 5.20. The van der Waals surface area contributed by atoms with Crippen molar-refractivity contribution in [1.82, 2.24) is 4.31 Å². The van der Waals surface area contributed by atoms with Crippen molar-refractivity contribution in [3.8, 4) is 5.75 Å². The Morgan fingerprint density at radius 3 is 2.48 bits per heavy atom. The lowest BCUT2D eigenvalue weighted by Gasteiger charge is -2.30. The minimum absolute atomic E-state index is 0.0796. The molecule has 2 aromatic carbocycles. The van der Waals surface area contributed by atoms with Crippen molar-refractivity contribution in [2.45, 2.75) is 31.6 Å². The molecular weight excluding hydrogens is 440 g/mol. The lowest BCUT2D eigenvalue weighted by Crippen LogP contribution is -2.41. The highest BCUT2D eigenvalue weighted by Gasteiger charge is 2.32. The van der Waals surface area contributed by atoms with E-state index < -0.39 is 10.0 Å². The normalized spacial score (nSPS) is 15.5. The molecule has 0 bridgehead atoms. The predicted molar refractivity (Wildman–Crippen MR) is 119 cm³/mol. The number of sulfonamides is 1. The minimum atomic E-state index is -3.72. The van der Waals surface area contributed by atoms with Crippen molar-refractivity contribution in [1.29, 1.82) is 0 Å². The maximum atomic E-state index is 13.0. The number of ether oxygens (including phenoxy) is 1. The summed E-state index contributed by atoms with van der Waals surface area (Å²) in [6.45, 7) is 4.19. The average molecular weight is 465 g/mol. The Morgan fingerprint density at radius 1 is 1.16 bits per heavy atom. The molecule has 3 rings (SSSR count). The standard InChI is InChI=1S/C22H25ClN2O5S/c1-3-30-21-8-7-19(14-20(21)23)31(28,29)25-11-9-16(10-12-25)22(27)24-18-6-4-5-17(13-18)15(2)26/h4-8,13-14,16H,3,9-12H2,1-2H3,(H,24,27). The number of halogens is 1. The van der Waals surface area contributed by atoms with E-state index in [4.69, 9.17) is 16.3 Å². The zero-order chi connectivity index (χ0) is 22.6. The van der Waals surface area contributed by atoms with Crippen LogP contribution in [0.2, 0.25) is 5.02 Å². The summed E-state index contributed by atoms with van der Waals surface area (Å²) in [4.78, 5) is 24.2. The van der Waals surface area contributed by atoms with Crippen LogP contribution in [0, 0.1) is 5.92 Å². The van der Waals surface area contributed by atoms with Gasteiger partial charge in [0.1, 0.15) is 5.75 Å². The molecule has 0 unspecified atom stereocenters. The minimum Gasteiger partial charge on any atom is -0.492 e. The zero-order valence-electron chi connectivity index (χ0n) is 17.4. The van der Waals surface area contributed by atoms with E-state index in [9.17, 15) is 18.0 Å². The molecule has 1 N–H and O–H groups in total. The molecule has 0 atom stereocenters. The smallest absolute Gasteiger partial charge is 0.243 e. The number of nitrogens with one attached hydrogen (secondary N) is 1. The van der Waals surface area contributed by atoms with Gasteiger partial charge in [-0.2, -0.15) is 4.31 Å². The summed E-state index contributed by atoms with van der Waals surface area (Å²) in [5.41, 5.74) is 1.07. The Bertz CT molecular complexity index is 1080. The van der Waals surface area contributed by atoms with E-state index >= 15 is 0 Å². The molecule has 1 fully saturated rings. The number of rotatable bonds is 7. The fraction of sp³-hybridized carbons (Fsp3) is 0.364. The number of hydrogen-bond donors (Lipinski definition) is 1. The van der Waals surface area contributed by atoms with Gasteiger partial charge in [0.2, 0.25) is 15.9 Å². The van der Waals surface area contributed by atoms with Gasteiger partial charge in [-0.15, -0.1) is 0 Å². The van der Waals surface area contributed by atoms with Gasteiger partial charge < -0.3 is 10.1 Å². The Labute approximate surface area is 187 Å². The van der Waals surface area contributed by atoms with Crippen molar-refractivity contribution in [3.63, 3.8) is 0 Å². The summed E-state index contributed by atoms with van der Waals surface area (Å²) in [5, 5.41) is 3.07. The second-order valence-corrected chi connectivity index (χ2v) is 9.67. The maximum Gasteiger partial charge on any atom is 0.243 e. The van der Waals surface area contributed by atoms with Gasteiger partial charge in [0.25, 0.3) is 0 Å². The number of hydrogen-bond acceptors (Lipinski definition) is 5. The number of carbonyl (C=O) groups excluding carboxylic acids is 2. The monoisotopic (exact) mass is 464 g/mol. The van der Waals surface area contributed by atoms with Crippen LogP contribution in [0.5, 0.6) is 5.75 Å². The fourth-order valence-corrected chi connectivity index (χ4v) is 5.28. The fourth-order valence-electron chi connectivity index (χ4n) is 3.48. The number of benzene rings is 2. The second-order valence-electron chi connectivity index (χ2n) is 7.33.